The molecule has 2 rings (SSSR count). The van der Waals surface area contributed by atoms with Gasteiger partial charge in [-0.2, -0.15) is 0 Å². The summed E-state index contributed by atoms with van der Waals surface area (Å²) in [6.07, 6.45) is 7.08. The van der Waals surface area contributed by atoms with Gasteiger partial charge < -0.3 is 9.30 Å². The van der Waals surface area contributed by atoms with Gasteiger partial charge in [0, 0.05) is 13.0 Å². The number of aromatic nitrogens is 3. The van der Waals surface area contributed by atoms with Gasteiger partial charge >= 0.3 is 5.97 Å². The molecule has 110 valence electrons. The predicted octanol–water partition coefficient (Wildman–Crippen LogP) is 2.60. The van der Waals surface area contributed by atoms with Crippen molar-refractivity contribution >= 4 is 17.7 Å². The minimum absolute atomic E-state index is 0.125. The van der Waals surface area contributed by atoms with Crippen molar-refractivity contribution in [2.45, 2.75) is 56.8 Å². The molecule has 20 heavy (non-hydrogen) atoms. The van der Waals surface area contributed by atoms with E-state index >= 15 is 0 Å². The van der Waals surface area contributed by atoms with Crippen molar-refractivity contribution in [1.29, 1.82) is 0 Å². The average Bonchev–Trinajstić information content (AvgIpc) is 3.07. The Bertz CT molecular complexity index is 467. The van der Waals surface area contributed by atoms with Gasteiger partial charge in [0.2, 0.25) is 0 Å². The van der Waals surface area contributed by atoms with Crippen LogP contribution >= 0.6 is 11.8 Å². The molecule has 0 aliphatic heterocycles. The molecular formula is C14H21N3O2S. The Hall–Kier alpha value is -1.30. The lowest BCUT2D eigenvalue weighted by Crippen LogP contribution is -2.16. The number of aryl methyl sites for hydroxylation is 1. The molecule has 1 saturated carbocycles. The third-order valence-electron chi connectivity index (χ3n) is 3.34. The molecule has 1 aliphatic carbocycles. The second kappa shape index (κ2) is 7.47. The van der Waals surface area contributed by atoms with E-state index < -0.39 is 0 Å². The van der Waals surface area contributed by atoms with Gasteiger partial charge in [0.25, 0.3) is 0 Å². The molecule has 0 aromatic carbocycles. The third-order valence-corrected chi connectivity index (χ3v) is 4.28. The minimum atomic E-state index is -0.159. The van der Waals surface area contributed by atoms with E-state index in [1.165, 1.54) is 24.6 Å². The van der Waals surface area contributed by atoms with Crippen LogP contribution in [0.25, 0.3) is 0 Å². The molecule has 0 atom stereocenters. The normalized spacial score (nSPS) is 15.4. The van der Waals surface area contributed by atoms with Gasteiger partial charge in [0.1, 0.15) is 11.9 Å². The predicted molar refractivity (Wildman–Crippen MR) is 78.7 cm³/mol. The number of allylic oxidation sites excluding steroid dienone is 1. The van der Waals surface area contributed by atoms with Gasteiger partial charge in [-0.1, -0.05) is 24.8 Å². The molecule has 0 unspecified atom stereocenters. The second-order valence-corrected chi connectivity index (χ2v) is 5.78. The Balaban J connectivity index is 1.87. The number of hydrogen-bond donors (Lipinski definition) is 0. The topological polar surface area (TPSA) is 57.0 Å². The number of rotatable bonds is 7. The standard InChI is InChI=1S/C14H21N3O2S/c1-3-9-17-12(4-2)15-16-14(17)20-10-13(18)19-11-7-5-6-8-11/h3,11H,1,4-10H2,2H3. The maximum atomic E-state index is 11.8. The molecule has 1 heterocycles. The summed E-state index contributed by atoms with van der Waals surface area (Å²) < 4.78 is 7.42. The summed E-state index contributed by atoms with van der Waals surface area (Å²) in [5.74, 6) is 1.04. The molecule has 0 bridgehead atoms. The summed E-state index contributed by atoms with van der Waals surface area (Å²) in [4.78, 5) is 11.8. The molecule has 6 heteroatoms. The van der Waals surface area contributed by atoms with Gasteiger partial charge in [0.05, 0.1) is 5.75 Å². The van der Waals surface area contributed by atoms with E-state index in [0.717, 1.165) is 30.2 Å². The van der Waals surface area contributed by atoms with E-state index in [9.17, 15) is 4.79 Å². The van der Waals surface area contributed by atoms with Crippen LogP contribution in [0.3, 0.4) is 0 Å². The van der Waals surface area contributed by atoms with E-state index in [2.05, 4.69) is 16.8 Å². The lowest BCUT2D eigenvalue weighted by atomic mass is 10.3. The fourth-order valence-corrected chi connectivity index (χ4v) is 3.10. The number of carbonyl (C=O) groups excluding carboxylic acids is 1. The molecule has 1 aromatic rings. The van der Waals surface area contributed by atoms with E-state index in [1.54, 1.807) is 0 Å². The van der Waals surface area contributed by atoms with Crippen LogP contribution in [0, 0.1) is 0 Å². The van der Waals surface area contributed by atoms with E-state index in [0.29, 0.717) is 6.54 Å². The lowest BCUT2D eigenvalue weighted by molar-refractivity contribution is -0.145. The number of ether oxygens (including phenoxy) is 1. The minimum Gasteiger partial charge on any atom is -0.462 e. The molecule has 0 N–H and O–H groups in total. The van der Waals surface area contributed by atoms with Gasteiger partial charge in [-0.25, -0.2) is 0 Å². The Morgan fingerprint density at radius 3 is 2.90 bits per heavy atom. The zero-order valence-electron chi connectivity index (χ0n) is 11.9. The number of hydrogen-bond acceptors (Lipinski definition) is 5. The van der Waals surface area contributed by atoms with E-state index in [-0.39, 0.29) is 17.8 Å². The van der Waals surface area contributed by atoms with Crippen molar-refractivity contribution < 1.29 is 9.53 Å². The molecule has 0 spiro atoms. The first-order chi connectivity index (χ1) is 9.74. The van der Waals surface area contributed by atoms with Crippen molar-refractivity contribution in [3.8, 4) is 0 Å². The highest BCUT2D eigenvalue weighted by atomic mass is 32.2. The monoisotopic (exact) mass is 295 g/mol. The van der Waals surface area contributed by atoms with Crippen molar-refractivity contribution in [3.05, 3.63) is 18.5 Å². The molecule has 0 saturated heterocycles. The smallest absolute Gasteiger partial charge is 0.316 e. The van der Waals surface area contributed by atoms with E-state index in [4.69, 9.17) is 4.74 Å². The number of thioether (sulfide) groups is 1. The maximum Gasteiger partial charge on any atom is 0.316 e. The van der Waals surface area contributed by atoms with Crippen molar-refractivity contribution in [1.82, 2.24) is 14.8 Å². The first-order valence-corrected chi connectivity index (χ1v) is 8.08. The first-order valence-electron chi connectivity index (χ1n) is 7.09. The van der Waals surface area contributed by atoms with Gasteiger partial charge in [-0.15, -0.1) is 16.8 Å². The molecule has 5 nitrogen and oxygen atoms in total. The fourth-order valence-electron chi connectivity index (χ4n) is 2.35. The van der Waals surface area contributed by atoms with E-state index in [1.807, 2.05) is 17.6 Å². The second-order valence-electron chi connectivity index (χ2n) is 4.84. The molecule has 0 amide bonds. The summed E-state index contributed by atoms with van der Waals surface area (Å²) in [5, 5.41) is 9.01. The van der Waals surface area contributed by atoms with Gasteiger partial charge in [0.15, 0.2) is 5.16 Å². The summed E-state index contributed by atoms with van der Waals surface area (Å²) in [7, 11) is 0. The van der Waals surface area contributed by atoms with Crippen LogP contribution < -0.4 is 0 Å². The third kappa shape index (κ3) is 3.85. The Kier molecular flexibility index (Phi) is 5.64. The highest BCUT2D eigenvalue weighted by molar-refractivity contribution is 7.99. The van der Waals surface area contributed by atoms with Gasteiger partial charge in [-0.3, -0.25) is 4.79 Å². The highest BCUT2D eigenvalue weighted by Crippen LogP contribution is 2.23. The van der Waals surface area contributed by atoms with Crippen LogP contribution in [0.4, 0.5) is 0 Å². The average molecular weight is 295 g/mol. The largest absolute Gasteiger partial charge is 0.462 e. The number of nitrogens with zero attached hydrogens (tertiary/aromatic N) is 3. The summed E-state index contributed by atoms with van der Waals surface area (Å²) in [6.45, 7) is 6.44. The van der Waals surface area contributed by atoms with Crippen molar-refractivity contribution in [3.63, 3.8) is 0 Å². The lowest BCUT2D eigenvalue weighted by Gasteiger charge is -2.11. The highest BCUT2D eigenvalue weighted by Gasteiger charge is 2.20. The first kappa shape index (κ1) is 15.1. The molecular weight excluding hydrogens is 274 g/mol. The van der Waals surface area contributed by atoms with Crippen LogP contribution in [-0.4, -0.2) is 32.6 Å². The Morgan fingerprint density at radius 2 is 2.25 bits per heavy atom. The number of carbonyl (C=O) groups is 1. The van der Waals surface area contributed by atoms with Crippen LogP contribution in [0.15, 0.2) is 17.8 Å². The van der Waals surface area contributed by atoms with Gasteiger partial charge in [-0.05, 0) is 25.7 Å². The zero-order valence-corrected chi connectivity index (χ0v) is 12.7. The quantitative estimate of drug-likeness (QED) is 0.439. The van der Waals surface area contributed by atoms with Crippen molar-refractivity contribution in [2.75, 3.05) is 5.75 Å². The molecule has 1 aromatic heterocycles. The van der Waals surface area contributed by atoms with Crippen LogP contribution in [0.1, 0.15) is 38.4 Å². The Morgan fingerprint density at radius 1 is 1.50 bits per heavy atom. The van der Waals surface area contributed by atoms with Crippen LogP contribution in [-0.2, 0) is 22.5 Å². The molecule has 0 radical (unpaired) electrons. The maximum absolute atomic E-state index is 11.8. The van der Waals surface area contributed by atoms with Crippen LogP contribution in [0.2, 0.25) is 0 Å². The van der Waals surface area contributed by atoms with Crippen molar-refractivity contribution in [2.24, 2.45) is 0 Å². The SMILES string of the molecule is C=CCn1c(CC)nnc1SCC(=O)OC1CCCC1. The zero-order chi connectivity index (χ0) is 14.4. The summed E-state index contributed by atoms with van der Waals surface area (Å²) in [5.41, 5.74) is 0. The fraction of sp³-hybridized carbons (Fsp3) is 0.643. The number of esters is 1. The molecule has 1 fully saturated rings. The van der Waals surface area contributed by atoms with Crippen LogP contribution in [0.5, 0.6) is 0 Å². The summed E-state index contributed by atoms with van der Waals surface area (Å²) in [6, 6.07) is 0. The molecule has 1 aliphatic rings. The summed E-state index contributed by atoms with van der Waals surface area (Å²) >= 11 is 1.38. The Labute approximate surface area is 123 Å².